The number of carbonyl (C=O) groups is 3. The maximum atomic E-state index is 12.4. The van der Waals surface area contributed by atoms with Crippen LogP contribution in [0.1, 0.15) is 31.7 Å². The summed E-state index contributed by atoms with van der Waals surface area (Å²) in [7, 11) is 0. The Hall–Kier alpha value is -2.43. The molecule has 1 heterocycles. The molecule has 0 unspecified atom stereocenters. The topological polar surface area (TPSA) is 66.5 Å². The van der Waals surface area contributed by atoms with Crippen molar-refractivity contribution in [2.24, 2.45) is 11.8 Å². The van der Waals surface area contributed by atoms with Crippen LogP contribution < -0.4 is 5.32 Å². The molecule has 3 rings (SSSR count). The molecule has 1 aromatic carbocycles. The fraction of sp³-hybridized carbons (Fsp3) is 0.421. The molecule has 0 bridgehead atoms. The van der Waals surface area contributed by atoms with Crippen molar-refractivity contribution in [2.75, 3.05) is 11.9 Å². The summed E-state index contributed by atoms with van der Waals surface area (Å²) in [5, 5.41) is 2.88. The molecule has 1 aromatic rings. The van der Waals surface area contributed by atoms with Crippen molar-refractivity contribution in [3.8, 4) is 0 Å². The molecule has 1 fully saturated rings. The van der Waals surface area contributed by atoms with Crippen molar-refractivity contribution >= 4 is 23.4 Å². The largest absolute Gasteiger partial charge is 0.326 e. The highest BCUT2D eigenvalue weighted by Crippen LogP contribution is 2.35. The number of hydrogen-bond donors (Lipinski definition) is 1. The smallest absolute Gasteiger partial charge is 0.233 e. The Bertz CT molecular complexity index is 670. The summed E-state index contributed by atoms with van der Waals surface area (Å²) in [6.07, 6.45) is 6.14. The van der Waals surface area contributed by atoms with Crippen LogP contribution in [0, 0.1) is 11.8 Å². The van der Waals surface area contributed by atoms with Gasteiger partial charge in [-0.3, -0.25) is 19.3 Å². The molecular weight excluding hydrogens is 304 g/mol. The van der Waals surface area contributed by atoms with E-state index >= 15 is 0 Å². The van der Waals surface area contributed by atoms with Crippen molar-refractivity contribution in [1.29, 1.82) is 0 Å². The molecule has 24 heavy (non-hydrogen) atoms. The van der Waals surface area contributed by atoms with Crippen LogP contribution in [0.5, 0.6) is 0 Å². The molecule has 0 aromatic heterocycles. The Morgan fingerprint density at radius 3 is 2.38 bits per heavy atom. The predicted molar refractivity (Wildman–Crippen MR) is 91.1 cm³/mol. The Kier molecular flexibility index (Phi) is 4.79. The van der Waals surface area contributed by atoms with Crippen molar-refractivity contribution in [3.05, 3.63) is 42.0 Å². The zero-order chi connectivity index (χ0) is 17.1. The van der Waals surface area contributed by atoms with Crippen LogP contribution in [0.3, 0.4) is 0 Å². The maximum Gasteiger partial charge on any atom is 0.233 e. The molecule has 2 aliphatic rings. The van der Waals surface area contributed by atoms with Gasteiger partial charge in [-0.2, -0.15) is 0 Å². The van der Waals surface area contributed by atoms with Gasteiger partial charge >= 0.3 is 0 Å². The number of para-hydroxylation sites is 1. The third kappa shape index (κ3) is 3.11. The first-order valence-electron chi connectivity index (χ1n) is 8.49. The minimum Gasteiger partial charge on any atom is -0.326 e. The zero-order valence-electron chi connectivity index (χ0n) is 13.8. The summed E-state index contributed by atoms with van der Waals surface area (Å²) in [4.78, 5) is 38.2. The van der Waals surface area contributed by atoms with E-state index < -0.39 is 0 Å². The quantitative estimate of drug-likeness (QED) is 0.668. The number of nitrogens with zero attached hydrogens (tertiary/aromatic N) is 1. The third-order valence-electron chi connectivity index (χ3n) is 4.83. The Balaban J connectivity index is 1.58. The highest BCUT2D eigenvalue weighted by atomic mass is 16.2. The van der Waals surface area contributed by atoms with Crippen molar-refractivity contribution < 1.29 is 14.4 Å². The van der Waals surface area contributed by atoms with Gasteiger partial charge in [0.25, 0.3) is 0 Å². The molecule has 1 aliphatic heterocycles. The molecule has 2 atom stereocenters. The molecule has 3 amide bonds. The van der Waals surface area contributed by atoms with Gasteiger partial charge in [-0.15, -0.1) is 0 Å². The number of fused-ring (bicyclic) bond motifs is 1. The number of nitrogens with one attached hydrogen (secondary N) is 1. The van der Waals surface area contributed by atoms with E-state index in [0.717, 1.165) is 17.7 Å². The van der Waals surface area contributed by atoms with Gasteiger partial charge in [-0.25, -0.2) is 0 Å². The first-order valence-corrected chi connectivity index (χ1v) is 8.49. The fourth-order valence-corrected chi connectivity index (χ4v) is 3.47. The van der Waals surface area contributed by atoms with Crippen LogP contribution in [0.25, 0.3) is 0 Å². The molecule has 1 N–H and O–H groups in total. The lowest BCUT2D eigenvalue weighted by atomic mass is 9.85. The highest BCUT2D eigenvalue weighted by molar-refractivity contribution is 6.05. The Labute approximate surface area is 141 Å². The van der Waals surface area contributed by atoms with E-state index in [0.29, 0.717) is 12.8 Å². The number of carbonyl (C=O) groups excluding carboxylic acids is 3. The molecule has 5 heteroatoms. The lowest BCUT2D eigenvalue weighted by molar-refractivity contribution is -0.140. The van der Waals surface area contributed by atoms with E-state index in [-0.39, 0.29) is 42.5 Å². The number of rotatable bonds is 5. The lowest BCUT2D eigenvalue weighted by Crippen LogP contribution is -2.34. The summed E-state index contributed by atoms with van der Waals surface area (Å²) in [6.45, 7) is 2.19. The van der Waals surface area contributed by atoms with Gasteiger partial charge in [0, 0.05) is 18.7 Å². The summed E-state index contributed by atoms with van der Waals surface area (Å²) in [5.74, 6) is -0.894. The van der Waals surface area contributed by atoms with Crippen molar-refractivity contribution in [3.63, 3.8) is 0 Å². The standard InChI is InChI=1S/C19H22N2O3/c1-2-13-7-3-6-10-16(13)20-17(22)11-12-21-18(23)14-8-4-5-9-15(14)19(21)24/h3-7,10,14-15H,2,8-9,11-12H2,1H3,(H,20,22)/t14-,15+. The number of aryl methyl sites for hydroxylation is 1. The van der Waals surface area contributed by atoms with E-state index in [1.54, 1.807) is 0 Å². The average molecular weight is 326 g/mol. The summed E-state index contributed by atoms with van der Waals surface area (Å²) >= 11 is 0. The molecular formula is C19H22N2O3. The van der Waals surface area contributed by atoms with Gasteiger partial charge in [0.05, 0.1) is 11.8 Å². The van der Waals surface area contributed by atoms with Gasteiger partial charge < -0.3 is 5.32 Å². The molecule has 0 spiro atoms. The summed E-state index contributed by atoms with van der Waals surface area (Å²) < 4.78 is 0. The molecule has 0 radical (unpaired) electrons. The molecule has 1 aliphatic carbocycles. The average Bonchev–Trinajstić information content (AvgIpc) is 2.85. The van der Waals surface area contributed by atoms with E-state index in [9.17, 15) is 14.4 Å². The highest BCUT2D eigenvalue weighted by Gasteiger charge is 2.46. The van der Waals surface area contributed by atoms with E-state index in [1.165, 1.54) is 4.90 Å². The van der Waals surface area contributed by atoms with Gasteiger partial charge in [-0.05, 0) is 30.9 Å². The summed E-state index contributed by atoms with van der Waals surface area (Å²) in [5.41, 5.74) is 1.86. The monoisotopic (exact) mass is 326 g/mol. The number of likely N-dealkylation sites (tertiary alicyclic amines) is 1. The molecule has 126 valence electrons. The number of anilines is 1. The second-order valence-corrected chi connectivity index (χ2v) is 6.29. The van der Waals surface area contributed by atoms with E-state index in [4.69, 9.17) is 0 Å². The second kappa shape index (κ2) is 6.99. The number of imide groups is 1. The van der Waals surface area contributed by atoms with Crippen LogP contribution in [0.2, 0.25) is 0 Å². The Morgan fingerprint density at radius 2 is 1.75 bits per heavy atom. The first-order chi connectivity index (χ1) is 11.6. The Morgan fingerprint density at radius 1 is 1.12 bits per heavy atom. The van der Waals surface area contributed by atoms with Crippen molar-refractivity contribution in [2.45, 2.75) is 32.6 Å². The van der Waals surface area contributed by atoms with E-state index in [1.807, 2.05) is 43.3 Å². The van der Waals surface area contributed by atoms with Crippen LogP contribution in [-0.2, 0) is 20.8 Å². The SMILES string of the molecule is CCc1ccccc1NC(=O)CCN1C(=O)[C@H]2CC=CC[C@H]2C1=O. The second-order valence-electron chi connectivity index (χ2n) is 6.29. The van der Waals surface area contributed by atoms with Crippen LogP contribution >= 0.6 is 0 Å². The predicted octanol–water partition coefficient (Wildman–Crippen LogP) is 2.53. The van der Waals surface area contributed by atoms with Gasteiger partial charge in [0.1, 0.15) is 0 Å². The van der Waals surface area contributed by atoms with Crippen molar-refractivity contribution in [1.82, 2.24) is 4.90 Å². The summed E-state index contributed by atoms with van der Waals surface area (Å²) in [6, 6.07) is 7.65. The van der Waals surface area contributed by atoms with E-state index in [2.05, 4.69) is 5.32 Å². The first kappa shape index (κ1) is 16.4. The minimum atomic E-state index is -0.230. The number of amides is 3. The molecule has 5 nitrogen and oxygen atoms in total. The minimum absolute atomic E-state index is 0.127. The number of allylic oxidation sites excluding steroid dienone is 2. The molecule has 0 saturated carbocycles. The van der Waals surface area contributed by atoms with Gasteiger partial charge in [-0.1, -0.05) is 37.3 Å². The van der Waals surface area contributed by atoms with Gasteiger partial charge in [0.2, 0.25) is 17.7 Å². The fourth-order valence-electron chi connectivity index (χ4n) is 3.47. The normalized spacial score (nSPS) is 22.6. The lowest BCUT2D eigenvalue weighted by Gasteiger charge is -2.15. The number of benzene rings is 1. The number of hydrogen-bond acceptors (Lipinski definition) is 3. The van der Waals surface area contributed by atoms with Crippen LogP contribution in [0.15, 0.2) is 36.4 Å². The molecule has 1 saturated heterocycles. The van der Waals surface area contributed by atoms with Crippen LogP contribution in [-0.4, -0.2) is 29.2 Å². The van der Waals surface area contributed by atoms with Crippen LogP contribution in [0.4, 0.5) is 5.69 Å². The zero-order valence-corrected chi connectivity index (χ0v) is 13.8. The third-order valence-corrected chi connectivity index (χ3v) is 4.83. The van der Waals surface area contributed by atoms with Gasteiger partial charge in [0.15, 0.2) is 0 Å². The maximum absolute atomic E-state index is 12.4.